The average Bonchev–Trinajstić information content (AvgIpc) is 3.12. The Morgan fingerprint density at radius 1 is 1.40 bits per heavy atom. The van der Waals surface area contributed by atoms with Gasteiger partial charge in [0.15, 0.2) is 11.4 Å². The summed E-state index contributed by atoms with van der Waals surface area (Å²) in [5.74, 6) is 1.42. The zero-order valence-corrected chi connectivity index (χ0v) is 11.2. The lowest BCUT2D eigenvalue weighted by Gasteiger charge is -2.14. The summed E-state index contributed by atoms with van der Waals surface area (Å²) >= 11 is 0. The van der Waals surface area contributed by atoms with Crippen molar-refractivity contribution in [1.82, 2.24) is 14.6 Å². The minimum absolute atomic E-state index is 0.00413. The standard InChI is InChI=1S/C14H16N4O2/c1-2-10(9-19)16-13-5-6-14-15-8-11(18(14)17-13)12-4-3-7-20-12/h3-8,10,19H,2,9H2,1H3,(H,16,17). The van der Waals surface area contributed by atoms with Crippen LogP contribution in [-0.2, 0) is 0 Å². The quantitative estimate of drug-likeness (QED) is 0.744. The van der Waals surface area contributed by atoms with Crippen LogP contribution in [0.4, 0.5) is 5.82 Å². The van der Waals surface area contributed by atoms with Crippen LogP contribution in [0.3, 0.4) is 0 Å². The Kier molecular flexibility index (Phi) is 3.39. The van der Waals surface area contributed by atoms with E-state index in [1.54, 1.807) is 17.0 Å². The van der Waals surface area contributed by atoms with E-state index in [4.69, 9.17) is 4.42 Å². The highest BCUT2D eigenvalue weighted by atomic mass is 16.3. The molecule has 104 valence electrons. The summed E-state index contributed by atoms with van der Waals surface area (Å²) in [4.78, 5) is 4.30. The van der Waals surface area contributed by atoms with Crippen molar-refractivity contribution in [2.75, 3.05) is 11.9 Å². The molecule has 0 aliphatic rings. The highest BCUT2D eigenvalue weighted by Gasteiger charge is 2.11. The summed E-state index contributed by atoms with van der Waals surface area (Å²) in [6.45, 7) is 2.09. The summed E-state index contributed by atoms with van der Waals surface area (Å²) in [5.41, 5.74) is 1.55. The van der Waals surface area contributed by atoms with Crippen molar-refractivity contribution in [2.45, 2.75) is 19.4 Å². The van der Waals surface area contributed by atoms with E-state index in [-0.39, 0.29) is 12.6 Å². The van der Waals surface area contributed by atoms with E-state index in [2.05, 4.69) is 15.4 Å². The third-order valence-corrected chi connectivity index (χ3v) is 3.20. The van der Waals surface area contributed by atoms with E-state index in [0.29, 0.717) is 5.82 Å². The Bertz CT molecular complexity index is 686. The van der Waals surface area contributed by atoms with E-state index in [0.717, 1.165) is 23.5 Å². The molecule has 0 aliphatic heterocycles. The Morgan fingerprint density at radius 2 is 2.30 bits per heavy atom. The molecule has 0 aromatic carbocycles. The van der Waals surface area contributed by atoms with Gasteiger partial charge in [-0.05, 0) is 30.7 Å². The fourth-order valence-corrected chi connectivity index (χ4v) is 2.03. The topological polar surface area (TPSA) is 75.6 Å². The number of imidazole rings is 1. The van der Waals surface area contributed by atoms with Gasteiger partial charge in [-0.25, -0.2) is 9.50 Å². The fraction of sp³-hybridized carbons (Fsp3) is 0.286. The number of fused-ring (bicyclic) bond motifs is 1. The molecule has 0 spiro atoms. The van der Waals surface area contributed by atoms with Gasteiger partial charge in [0, 0.05) is 0 Å². The molecule has 3 aromatic rings. The van der Waals surface area contributed by atoms with Crippen molar-refractivity contribution in [3.63, 3.8) is 0 Å². The first-order valence-corrected chi connectivity index (χ1v) is 6.58. The molecule has 6 nitrogen and oxygen atoms in total. The first kappa shape index (κ1) is 12.7. The van der Waals surface area contributed by atoms with Crippen molar-refractivity contribution in [1.29, 1.82) is 0 Å². The molecule has 0 aliphatic carbocycles. The average molecular weight is 272 g/mol. The summed E-state index contributed by atoms with van der Waals surface area (Å²) in [6.07, 6.45) is 4.18. The largest absolute Gasteiger partial charge is 0.463 e. The van der Waals surface area contributed by atoms with Crippen molar-refractivity contribution in [3.8, 4) is 11.5 Å². The second-order valence-corrected chi connectivity index (χ2v) is 4.54. The molecular weight excluding hydrogens is 256 g/mol. The number of rotatable bonds is 5. The third kappa shape index (κ3) is 2.25. The smallest absolute Gasteiger partial charge is 0.154 e. The van der Waals surface area contributed by atoms with Crippen molar-refractivity contribution < 1.29 is 9.52 Å². The number of nitrogens with one attached hydrogen (secondary N) is 1. The minimum Gasteiger partial charge on any atom is -0.463 e. The second-order valence-electron chi connectivity index (χ2n) is 4.54. The number of anilines is 1. The van der Waals surface area contributed by atoms with Gasteiger partial charge in [0.05, 0.1) is 25.1 Å². The Labute approximate surface area is 116 Å². The van der Waals surface area contributed by atoms with Crippen LogP contribution in [0.25, 0.3) is 17.1 Å². The SMILES string of the molecule is CCC(CO)Nc1ccc2ncc(-c3ccco3)n2n1. The van der Waals surface area contributed by atoms with Gasteiger partial charge in [-0.3, -0.25) is 0 Å². The van der Waals surface area contributed by atoms with Gasteiger partial charge >= 0.3 is 0 Å². The highest BCUT2D eigenvalue weighted by molar-refractivity contribution is 5.58. The lowest BCUT2D eigenvalue weighted by atomic mass is 10.2. The molecule has 0 amide bonds. The van der Waals surface area contributed by atoms with Gasteiger partial charge in [-0.1, -0.05) is 6.92 Å². The van der Waals surface area contributed by atoms with Gasteiger partial charge in [0.25, 0.3) is 0 Å². The normalized spacial score (nSPS) is 12.7. The third-order valence-electron chi connectivity index (χ3n) is 3.20. The van der Waals surface area contributed by atoms with Crippen molar-refractivity contribution in [2.24, 2.45) is 0 Å². The Balaban J connectivity index is 1.99. The molecule has 0 saturated heterocycles. The maximum atomic E-state index is 9.24. The molecule has 3 rings (SSSR count). The molecule has 20 heavy (non-hydrogen) atoms. The van der Waals surface area contributed by atoms with Gasteiger partial charge in [0.2, 0.25) is 0 Å². The molecule has 0 saturated carbocycles. The van der Waals surface area contributed by atoms with Gasteiger partial charge in [0.1, 0.15) is 11.5 Å². The Morgan fingerprint density at radius 3 is 3.00 bits per heavy atom. The number of aliphatic hydroxyl groups excluding tert-OH is 1. The first-order chi connectivity index (χ1) is 9.81. The summed E-state index contributed by atoms with van der Waals surface area (Å²) in [7, 11) is 0. The molecule has 0 radical (unpaired) electrons. The van der Waals surface area contributed by atoms with E-state index in [9.17, 15) is 5.11 Å². The lowest BCUT2D eigenvalue weighted by Crippen LogP contribution is -2.23. The minimum atomic E-state index is -0.00413. The van der Waals surface area contributed by atoms with Crippen LogP contribution in [0, 0.1) is 0 Å². The van der Waals surface area contributed by atoms with Crippen LogP contribution in [0.5, 0.6) is 0 Å². The van der Waals surface area contributed by atoms with Crippen molar-refractivity contribution >= 4 is 11.5 Å². The lowest BCUT2D eigenvalue weighted by molar-refractivity contribution is 0.271. The number of hydrogen-bond acceptors (Lipinski definition) is 5. The van der Waals surface area contributed by atoms with Crippen LogP contribution in [0.15, 0.2) is 41.1 Å². The monoisotopic (exact) mass is 272 g/mol. The number of furan rings is 1. The molecular formula is C14H16N4O2. The van der Waals surface area contributed by atoms with E-state index >= 15 is 0 Å². The van der Waals surface area contributed by atoms with Crippen LogP contribution < -0.4 is 5.32 Å². The maximum absolute atomic E-state index is 9.24. The number of nitrogens with zero attached hydrogens (tertiary/aromatic N) is 3. The van der Waals surface area contributed by atoms with Gasteiger partial charge < -0.3 is 14.8 Å². The maximum Gasteiger partial charge on any atom is 0.154 e. The zero-order chi connectivity index (χ0) is 13.9. The van der Waals surface area contributed by atoms with Crippen LogP contribution in [0.2, 0.25) is 0 Å². The van der Waals surface area contributed by atoms with E-state index in [1.807, 2.05) is 31.2 Å². The summed E-state index contributed by atoms with van der Waals surface area (Å²) < 4.78 is 7.12. The van der Waals surface area contributed by atoms with E-state index < -0.39 is 0 Å². The molecule has 1 unspecified atom stereocenters. The Hall–Kier alpha value is -2.34. The molecule has 0 fully saturated rings. The molecule has 3 heterocycles. The van der Waals surface area contributed by atoms with Crippen LogP contribution in [-0.4, -0.2) is 32.4 Å². The number of hydrogen-bond donors (Lipinski definition) is 2. The molecule has 1 atom stereocenters. The first-order valence-electron chi connectivity index (χ1n) is 6.58. The van der Waals surface area contributed by atoms with Crippen LogP contribution >= 0.6 is 0 Å². The number of aromatic nitrogens is 3. The second kappa shape index (κ2) is 5.34. The van der Waals surface area contributed by atoms with Crippen molar-refractivity contribution in [3.05, 3.63) is 36.7 Å². The zero-order valence-electron chi connectivity index (χ0n) is 11.2. The predicted molar refractivity (Wildman–Crippen MR) is 75.5 cm³/mol. The van der Waals surface area contributed by atoms with Gasteiger partial charge in [-0.2, -0.15) is 0 Å². The molecule has 6 heteroatoms. The predicted octanol–water partition coefficient (Wildman–Crippen LogP) is 2.17. The van der Waals surface area contributed by atoms with Gasteiger partial charge in [-0.15, -0.1) is 5.10 Å². The fourth-order valence-electron chi connectivity index (χ4n) is 2.03. The summed E-state index contributed by atoms with van der Waals surface area (Å²) in [6, 6.07) is 7.43. The number of aliphatic hydroxyl groups is 1. The molecule has 3 aromatic heterocycles. The van der Waals surface area contributed by atoms with Crippen LogP contribution in [0.1, 0.15) is 13.3 Å². The molecule has 2 N–H and O–H groups in total. The molecule has 0 bridgehead atoms. The summed E-state index contributed by atoms with van der Waals surface area (Å²) in [5, 5.41) is 16.9. The van der Waals surface area contributed by atoms with E-state index in [1.165, 1.54) is 0 Å². The highest BCUT2D eigenvalue weighted by Crippen LogP contribution is 2.21.